The average molecular weight is 584 g/mol. The number of benzene rings is 3. The minimum Gasteiger partial charge on any atom is -0.489 e. The van der Waals surface area contributed by atoms with Gasteiger partial charge in [0.1, 0.15) is 18.1 Å². The summed E-state index contributed by atoms with van der Waals surface area (Å²) in [6, 6.07) is 20.1. The first kappa shape index (κ1) is 30.6. The van der Waals surface area contributed by atoms with E-state index in [4.69, 9.17) is 9.84 Å². The van der Waals surface area contributed by atoms with Crippen LogP contribution in [0.15, 0.2) is 72.8 Å². The lowest BCUT2D eigenvalue weighted by atomic mass is 9.83. The number of rotatable bonds is 11. The molecule has 222 valence electrons. The van der Waals surface area contributed by atoms with E-state index in [-0.39, 0.29) is 12.4 Å². The molecule has 1 atom stereocenters. The summed E-state index contributed by atoms with van der Waals surface area (Å²) >= 11 is 0. The Morgan fingerprint density at radius 2 is 1.48 bits per heavy atom. The SMILES string of the molecule is O=C(NC[C@@H](O)C(=O)O)c1ccc(/C=C(/COc2ccc(OC(F)(F)F)cc2)c2ccc(C3CCCCC3)cc2)cc1. The highest BCUT2D eigenvalue weighted by molar-refractivity contribution is 5.95. The minimum absolute atomic E-state index is 0.123. The van der Waals surface area contributed by atoms with Gasteiger partial charge in [-0.15, -0.1) is 13.2 Å². The number of carboxylic acids is 1. The molecule has 0 unspecified atom stereocenters. The lowest BCUT2D eigenvalue weighted by Gasteiger charge is -2.22. The topological polar surface area (TPSA) is 105 Å². The molecular formula is C32H32F3NO6. The van der Waals surface area contributed by atoms with Crippen molar-refractivity contribution in [3.63, 3.8) is 0 Å². The van der Waals surface area contributed by atoms with Gasteiger partial charge in [0.2, 0.25) is 0 Å². The number of aliphatic hydroxyl groups excluding tert-OH is 1. The van der Waals surface area contributed by atoms with Crippen LogP contribution >= 0.6 is 0 Å². The molecule has 3 aromatic rings. The van der Waals surface area contributed by atoms with Crippen LogP contribution in [0.5, 0.6) is 11.5 Å². The number of carboxylic acid groups (broad SMARTS) is 1. The number of nitrogens with one attached hydrogen (secondary N) is 1. The van der Waals surface area contributed by atoms with Crippen LogP contribution in [0, 0.1) is 0 Å². The Morgan fingerprint density at radius 1 is 0.881 bits per heavy atom. The van der Waals surface area contributed by atoms with E-state index in [9.17, 15) is 27.9 Å². The van der Waals surface area contributed by atoms with Crippen molar-refractivity contribution in [1.29, 1.82) is 0 Å². The highest BCUT2D eigenvalue weighted by atomic mass is 19.4. The van der Waals surface area contributed by atoms with Crippen molar-refractivity contribution in [3.8, 4) is 11.5 Å². The molecular weight excluding hydrogens is 551 g/mol. The maximum Gasteiger partial charge on any atom is 0.573 e. The van der Waals surface area contributed by atoms with Gasteiger partial charge in [0.15, 0.2) is 6.10 Å². The molecule has 0 radical (unpaired) electrons. The number of hydrogen-bond acceptors (Lipinski definition) is 5. The van der Waals surface area contributed by atoms with Crippen molar-refractivity contribution in [2.24, 2.45) is 0 Å². The molecule has 0 bridgehead atoms. The zero-order chi connectivity index (χ0) is 30.1. The van der Waals surface area contributed by atoms with Gasteiger partial charge >= 0.3 is 12.3 Å². The van der Waals surface area contributed by atoms with Crippen LogP contribution in [0.3, 0.4) is 0 Å². The molecule has 10 heteroatoms. The minimum atomic E-state index is -4.78. The molecule has 1 aliphatic carbocycles. The number of aliphatic carboxylic acids is 1. The second-order valence-corrected chi connectivity index (χ2v) is 10.1. The Labute approximate surface area is 241 Å². The van der Waals surface area contributed by atoms with Gasteiger partial charge in [-0.25, -0.2) is 4.79 Å². The third-order valence-corrected chi connectivity index (χ3v) is 7.06. The maximum atomic E-state index is 12.5. The van der Waals surface area contributed by atoms with Gasteiger partial charge < -0.3 is 25.0 Å². The number of carbonyl (C=O) groups excluding carboxylic acids is 1. The Bertz CT molecular complexity index is 1360. The second-order valence-electron chi connectivity index (χ2n) is 10.1. The number of ether oxygens (including phenoxy) is 2. The summed E-state index contributed by atoms with van der Waals surface area (Å²) in [7, 11) is 0. The zero-order valence-electron chi connectivity index (χ0n) is 22.8. The number of amides is 1. The fourth-order valence-electron chi connectivity index (χ4n) is 4.82. The van der Waals surface area contributed by atoms with Crippen LogP contribution in [0.4, 0.5) is 13.2 Å². The van der Waals surface area contributed by atoms with E-state index in [1.807, 2.05) is 18.2 Å². The van der Waals surface area contributed by atoms with Gasteiger partial charge in [-0.2, -0.15) is 0 Å². The third-order valence-electron chi connectivity index (χ3n) is 7.06. The van der Waals surface area contributed by atoms with E-state index in [2.05, 4.69) is 22.2 Å². The van der Waals surface area contributed by atoms with Crippen molar-refractivity contribution in [2.45, 2.75) is 50.5 Å². The maximum absolute atomic E-state index is 12.5. The molecule has 0 heterocycles. The normalized spacial score (nSPS) is 15.1. The molecule has 1 fully saturated rings. The van der Waals surface area contributed by atoms with E-state index in [1.54, 1.807) is 24.3 Å². The van der Waals surface area contributed by atoms with Crippen LogP contribution in [-0.4, -0.2) is 47.7 Å². The van der Waals surface area contributed by atoms with E-state index >= 15 is 0 Å². The highest BCUT2D eigenvalue weighted by Crippen LogP contribution is 2.33. The van der Waals surface area contributed by atoms with Gasteiger partial charge in [-0.05, 0) is 83.5 Å². The summed E-state index contributed by atoms with van der Waals surface area (Å²) in [5.74, 6) is -1.38. The Kier molecular flexibility index (Phi) is 10.2. The number of halogens is 3. The molecule has 3 aromatic carbocycles. The second kappa shape index (κ2) is 14.0. The van der Waals surface area contributed by atoms with Crippen molar-refractivity contribution in [2.75, 3.05) is 13.2 Å². The lowest BCUT2D eigenvalue weighted by Crippen LogP contribution is -2.36. The summed E-state index contributed by atoms with van der Waals surface area (Å²) in [5, 5.41) is 20.5. The Hall–Kier alpha value is -4.31. The zero-order valence-corrected chi connectivity index (χ0v) is 22.8. The van der Waals surface area contributed by atoms with Crippen LogP contribution in [-0.2, 0) is 4.79 Å². The predicted octanol–water partition coefficient (Wildman–Crippen LogP) is 6.43. The number of hydrogen-bond donors (Lipinski definition) is 3. The first-order valence-electron chi connectivity index (χ1n) is 13.7. The van der Waals surface area contributed by atoms with Crippen LogP contribution in [0.2, 0.25) is 0 Å². The molecule has 4 rings (SSSR count). The van der Waals surface area contributed by atoms with Gasteiger partial charge in [0, 0.05) is 5.56 Å². The molecule has 42 heavy (non-hydrogen) atoms. The van der Waals surface area contributed by atoms with Crippen molar-refractivity contribution in [1.82, 2.24) is 5.32 Å². The summed E-state index contributed by atoms with van der Waals surface area (Å²) in [4.78, 5) is 23.1. The van der Waals surface area contributed by atoms with Crippen LogP contribution in [0.1, 0.15) is 65.1 Å². The van der Waals surface area contributed by atoms with Crippen molar-refractivity contribution in [3.05, 3.63) is 95.1 Å². The molecule has 0 aromatic heterocycles. The first-order valence-corrected chi connectivity index (χ1v) is 13.7. The summed E-state index contributed by atoms with van der Waals surface area (Å²) in [6.45, 7) is -0.297. The fourth-order valence-corrected chi connectivity index (χ4v) is 4.82. The average Bonchev–Trinajstić information content (AvgIpc) is 2.98. The monoisotopic (exact) mass is 583 g/mol. The van der Waals surface area contributed by atoms with Crippen LogP contribution in [0.25, 0.3) is 11.6 Å². The first-order chi connectivity index (χ1) is 20.1. The van der Waals surface area contributed by atoms with Gasteiger partial charge in [0.25, 0.3) is 5.91 Å². The van der Waals surface area contributed by atoms with E-state index in [1.165, 1.54) is 61.9 Å². The lowest BCUT2D eigenvalue weighted by molar-refractivity contribution is -0.274. The largest absolute Gasteiger partial charge is 0.573 e. The van der Waals surface area contributed by atoms with Crippen molar-refractivity contribution < 1.29 is 42.4 Å². The number of alkyl halides is 3. The molecule has 0 aliphatic heterocycles. The smallest absolute Gasteiger partial charge is 0.489 e. The molecule has 3 N–H and O–H groups in total. The molecule has 1 aliphatic rings. The van der Waals surface area contributed by atoms with E-state index < -0.39 is 30.9 Å². The molecule has 1 amide bonds. The molecule has 0 saturated heterocycles. The number of carbonyl (C=O) groups is 2. The highest BCUT2D eigenvalue weighted by Gasteiger charge is 2.31. The summed E-state index contributed by atoms with van der Waals surface area (Å²) in [6.07, 6.45) is 1.50. The Morgan fingerprint density at radius 3 is 2.07 bits per heavy atom. The van der Waals surface area contributed by atoms with Gasteiger partial charge in [0.05, 0.1) is 6.54 Å². The molecule has 0 spiro atoms. The van der Waals surface area contributed by atoms with E-state index in [0.717, 1.165) is 16.7 Å². The quantitative estimate of drug-likeness (QED) is 0.225. The summed E-state index contributed by atoms with van der Waals surface area (Å²) in [5.41, 5.74) is 4.07. The molecule has 1 saturated carbocycles. The Balaban J connectivity index is 1.51. The molecule has 7 nitrogen and oxygen atoms in total. The van der Waals surface area contributed by atoms with E-state index in [0.29, 0.717) is 17.2 Å². The van der Waals surface area contributed by atoms with Crippen LogP contribution < -0.4 is 14.8 Å². The standard InChI is InChI=1S/C32H32F3NO6/c33-32(34,35)42-28-16-14-27(15-17-28)41-20-26(24-12-10-23(11-13-24)22-4-2-1-3-5-22)18-21-6-8-25(9-7-21)30(38)36-19-29(37)31(39)40/h6-18,22,29,37H,1-5,19-20H2,(H,36,38)(H,39,40)/b26-18-/t29-/m1/s1. The van der Waals surface area contributed by atoms with Gasteiger partial charge in [-0.3, -0.25) is 4.79 Å². The number of aliphatic hydroxyl groups is 1. The summed E-state index contributed by atoms with van der Waals surface area (Å²) < 4.78 is 47.3. The third kappa shape index (κ3) is 9.10. The fraction of sp³-hybridized carbons (Fsp3) is 0.312. The predicted molar refractivity (Wildman–Crippen MR) is 151 cm³/mol. The van der Waals surface area contributed by atoms with Crippen molar-refractivity contribution >= 4 is 23.5 Å². The van der Waals surface area contributed by atoms with Gasteiger partial charge in [-0.1, -0.05) is 55.7 Å².